The van der Waals surface area contributed by atoms with Gasteiger partial charge >= 0.3 is 0 Å². The maximum absolute atomic E-state index is 12.8. The molecule has 2 rings (SSSR count). The van der Waals surface area contributed by atoms with Crippen LogP contribution in [-0.4, -0.2) is 29.4 Å². The van der Waals surface area contributed by atoms with Crippen molar-refractivity contribution in [2.45, 2.75) is 105 Å². The van der Waals surface area contributed by atoms with Gasteiger partial charge in [0, 0.05) is 23.0 Å². The van der Waals surface area contributed by atoms with Gasteiger partial charge in [0.05, 0.1) is 6.04 Å². The monoisotopic (exact) mass is 310 g/mol. The van der Waals surface area contributed by atoms with Gasteiger partial charge in [-0.1, -0.05) is 28.2 Å². The molecule has 0 aromatic rings. The number of ketones is 1. The number of piperidine rings is 1. The van der Waals surface area contributed by atoms with E-state index < -0.39 is 0 Å². The Bertz CT molecular complexity index is 366. The van der Waals surface area contributed by atoms with E-state index in [1.807, 2.05) is 20.8 Å². The zero-order valence-electron chi connectivity index (χ0n) is 14.8. The van der Waals surface area contributed by atoms with E-state index in [1.165, 1.54) is 25.7 Å². The molecule has 0 saturated carbocycles. The highest BCUT2D eigenvalue weighted by molar-refractivity contribution is 5.88. The lowest BCUT2D eigenvalue weighted by Gasteiger charge is -2.36. The number of rotatable bonds is 4. The fraction of sp³-hybridized carbons (Fsp3) is 0.947. The normalized spacial score (nSPS) is 29.8. The highest BCUT2D eigenvalue weighted by Crippen LogP contribution is 2.34. The van der Waals surface area contributed by atoms with Gasteiger partial charge in [-0.05, 0) is 58.8 Å². The predicted octanol–water partition coefficient (Wildman–Crippen LogP) is 3.92. The summed E-state index contributed by atoms with van der Waals surface area (Å²) in [4.78, 5) is 12.8. The Morgan fingerprint density at radius 2 is 1.59 bits per heavy atom. The van der Waals surface area contributed by atoms with Crippen molar-refractivity contribution in [3.05, 3.63) is 0 Å². The fourth-order valence-corrected chi connectivity index (χ4v) is 3.98. The Labute approximate surface area is 138 Å². The van der Waals surface area contributed by atoms with Crippen molar-refractivity contribution in [2.75, 3.05) is 0 Å². The first-order valence-corrected chi connectivity index (χ1v) is 8.62. The minimum atomic E-state index is -0.269. The summed E-state index contributed by atoms with van der Waals surface area (Å²) in [6.45, 7) is 12.6. The van der Waals surface area contributed by atoms with E-state index in [0.717, 1.165) is 6.42 Å². The van der Waals surface area contributed by atoms with Crippen molar-refractivity contribution in [1.29, 1.82) is 0 Å². The minimum Gasteiger partial charge on any atom is -0.311 e. The van der Waals surface area contributed by atoms with E-state index in [-0.39, 0.29) is 24.4 Å². The lowest BCUT2D eigenvalue weighted by atomic mass is 9.79. The number of carbonyl (C=O) groups excluding carboxylic acids is 1. The third kappa shape index (κ3) is 5.34. The average Bonchev–Trinajstić information content (AvgIpc) is 2.64. The van der Waals surface area contributed by atoms with Gasteiger partial charge in [-0.15, -0.1) is 0 Å². The third-order valence-electron chi connectivity index (χ3n) is 4.80. The maximum Gasteiger partial charge on any atom is 0.155 e. The molecule has 2 aliphatic rings. The molecule has 2 fully saturated rings. The standard InChI is InChI=1S/C18H34N2O.CH4/c1-17(2,3)16(21)15(20-18(4,5)6)11-12-9-13-7-8-14(10-12)19-13;/h12-15,19-20H,7-11H2,1-6H3;1H4. The number of Topliss-reactive ketones (excluding diaryl/α,β-unsaturated/α-hetero) is 1. The summed E-state index contributed by atoms with van der Waals surface area (Å²) in [6, 6.07) is 1.40. The van der Waals surface area contributed by atoms with Gasteiger partial charge in [0.2, 0.25) is 0 Å². The van der Waals surface area contributed by atoms with E-state index >= 15 is 0 Å². The van der Waals surface area contributed by atoms with Crippen LogP contribution in [0, 0.1) is 11.3 Å². The zero-order valence-corrected chi connectivity index (χ0v) is 14.8. The molecule has 0 spiro atoms. The summed E-state index contributed by atoms with van der Waals surface area (Å²) >= 11 is 0. The molecule has 2 heterocycles. The lowest BCUT2D eigenvalue weighted by molar-refractivity contribution is -0.129. The van der Waals surface area contributed by atoms with Crippen LogP contribution >= 0.6 is 0 Å². The lowest BCUT2D eigenvalue weighted by Crippen LogP contribution is -2.52. The van der Waals surface area contributed by atoms with Crippen LogP contribution in [0.25, 0.3) is 0 Å². The predicted molar refractivity (Wildman–Crippen MR) is 95.2 cm³/mol. The SMILES string of the molecule is C.CC(C)(C)NC(CC1CC2CCC(C1)N2)C(=O)C(C)(C)C. The number of carbonyl (C=O) groups is 1. The van der Waals surface area contributed by atoms with Gasteiger partial charge in [-0.2, -0.15) is 0 Å². The summed E-state index contributed by atoms with van der Waals surface area (Å²) in [5, 5.41) is 7.29. The Balaban J connectivity index is 0.00000242. The van der Waals surface area contributed by atoms with Crippen LogP contribution in [0.2, 0.25) is 0 Å². The highest BCUT2D eigenvalue weighted by Gasteiger charge is 2.38. The summed E-state index contributed by atoms with van der Waals surface area (Å²) in [6.07, 6.45) is 6.14. The van der Waals surface area contributed by atoms with Crippen LogP contribution in [-0.2, 0) is 4.79 Å². The number of fused-ring (bicyclic) bond motifs is 2. The van der Waals surface area contributed by atoms with E-state index in [2.05, 4.69) is 31.4 Å². The molecule has 0 radical (unpaired) electrons. The Morgan fingerprint density at radius 3 is 2.00 bits per heavy atom. The molecule has 0 aromatic carbocycles. The van der Waals surface area contributed by atoms with Crippen LogP contribution in [0.1, 0.15) is 81.1 Å². The minimum absolute atomic E-state index is 0. The van der Waals surface area contributed by atoms with Gasteiger partial charge < -0.3 is 10.6 Å². The number of hydrogen-bond donors (Lipinski definition) is 2. The van der Waals surface area contributed by atoms with Crippen LogP contribution in [0.3, 0.4) is 0 Å². The molecular formula is C19H38N2O. The van der Waals surface area contributed by atoms with Crippen molar-refractivity contribution in [1.82, 2.24) is 10.6 Å². The smallest absolute Gasteiger partial charge is 0.155 e. The van der Waals surface area contributed by atoms with Crippen molar-refractivity contribution in [2.24, 2.45) is 11.3 Å². The molecule has 0 amide bonds. The molecule has 2 N–H and O–H groups in total. The fourth-order valence-electron chi connectivity index (χ4n) is 3.98. The van der Waals surface area contributed by atoms with Crippen LogP contribution in [0.15, 0.2) is 0 Å². The Morgan fingerprint density at radius 1 is 1.09 bits per heavy atom. The second kappa shape index (κ2) is 7.00. The second-order valence-electron chi connectivity index (χ2n) is 9.27. The summed E-state index contributed by atoms with van der Waals surface area (Å²) in [5.74, 6) is 1.05. The second-order valence-corrected chi connectivity index (χ2v) is 9.27. The van der Waals surface area contributed by atoms with Crippen LogP contribution in [0.4, 0.5) is 0 Å². The topological polar surface area (TPSA) is 41.1 Å². The van der Waals surface area contributed by atoms with E-state index in [1.54, 1.807) is 0 Å². The first-order chi connectivity index (χ1) is 9.54. The van der Waals surface area contributed by atoms with Gasteiger partial charge in [0.15, 0.2) is 5.78 Å². The molecule has 2 saturated heterocycles. The third-order valence-corrected chi connectivity index (χ3v) is 4.80. The largest absolute Gasteiger partial charge is 0.311 e. The van der Waals surface area contributed by atoms with E-state index in [9.17, 15) is 4.79 Å². The molecule has 0 aliphatic carbocycles. The summed E-state index contributed by atoms with van der Waals surface area (Å²) in [5.41, 5.74) is -0.285. The summed E-state index contributed by atoms with van der Waals surface area (Å²) < 4.78 is 0. The first-order valence-electron chi connectivity index (χ1n) is 8.62. The first kappa shape index (κ1) is 19.6. The molecule has 2 bridgehead atoms. The van der Waals surface area contributed by atoms with Crippen molar-refractivity contribution in [3.8, 4) is 0 Å². The molecule has 0 aromatic heterocycles. The van der Waals surface area contributed by atoms with Crippen molar-refractivity contribution < 1.29 is 4.79 Å². The molecule has 3 nitrogen and oxygen atoms in total. The Hall–Kier alpha value is -0.410. The number of nitrogens with one attached hydrogen (secondary N) is 2. The van der Waals surface area contributed by atoms with Crippen LogP contribution < -0.4 is 10.6 Å². The van der Waals surface area contributed by atoms with Gasteiger partial charge in [-0.25, -0.2) is 0 Å². The molecular weight excluding hydrogens is 272 g/mol. The van der Waals surface area contributed by atoms with Crippen molar-refractivity contribution in [3.63, 3.8) is 0 Å². The van der Waals surface area contributed by atoms with Crippen molar-refractivity contribution >= 4 is 5.78 Å². The van der Waals surface area contributed by atoms with Gasteiger partial charge in [-0.3, -0.25) is 4.79 Å². The van der Waals surface area contributed by atoms with E-state index in [0.29, 0.717) is 23.8 Å². The molecule has 3 unspecified atom stereocenters. The number of hydrogen-bond acceptors (Lipinski definition) is 3. The average molecular weight is 311 g/mol. The zero-order chi connectivity index (χ0) is 15.8. The van der Waals surface area contributed by atoms with E-state index in [4.69, 9.17) is 0 Å². The molecule has 22 heavy (non-hydrogen) atoms. The maximum atomic E-state index is 12.8. The van der Waals surface area contributed by atoms with Crippen LogP contribution in [0.5, 0.6) is 0 Å². The molecule has 130 valence electrons. The summed E-state index contributed by atoms with van der Waals surface area (Å²) in [7, 11) is 0. The Kier molecular flexibility index (Phi) is 6.25. The highest BCUT2D eigenvalue weighted by atomic mass is 16.1. The van der Waals surface area contributed by atoms with Gasteiger partial charge in [0.25, 0.3) is 0 Å². The van der Waals surface area contributed by atoms with Gasteiger partial charge in [0.1, 0.15) is 0 Å². The molecule has 3 heteroatoms. The molecule has 3 atom stereocenters. The quantitative estimate of drug-likeness (QED) is 0.827. The molecule has 2 aliphatic heterocycles.